The second kappa shape index (κ2) is 8.45. The molecule has 0 aliphatic carbocycles. The lowest BCUT2D eigenvalue weighted by Gasteiger charge is -2.29. The average molecular weight is 402 g/mol. The van der Waals surface area contributed by atoms with Gasteiger partial charge in [-0.2, -0.15) is 0 Å². The fraction of sp³-hybridized carbons (Fsp3) is 0.400. The smallest absolute Gasteiger partial charge is 0.399 e. The van der Waals surface area contributed by atoms with Crippen molar-refractivity contribution < 1.29 is 36.2 Å². The van der Waals surface area contributed by atoms with Crippen molar-refractivity contribution in [3.05, 3.63) is 53.6 Å². The Kier molecular flexibility index (Phi) is 6.20. The summed E-state index contributed by atoms with van der Waals surface area (Å²) in [5, 5.41) is 0. The highest BCUT2D eigenvalue weighted by Gasteiger charge is 2.34. The molecule has 1 fully saturated rings. The predicted molar refractivity (Wildman–Crippen MR) is 91.5 cm³/mol. The van der Waals surface area contributed by atoms with Crippen molar-refractivity contribution in [2.45, 2.75) is 32.4 Å². The number of hydrogen-bond acceptors (Lipinski definition) is 3. The van der Waals surface area contributed by atoms with Gasteiger partial charge in [-0.1, -0.05) is 37.6 Å². The molecule has 3 rings (SSSR count). The van der Waals surface area contributed by atoms with Crippen molar-refractivity contribution in [2.24, 2.45) is 5.92 Å². The van der Waals surface area contributed by atoms with Gasteiger partial charge in [0.25, 0.3) is 0 Å². The van der Waals surface area contributed by atoms with Gasteiger partial charge in [0, 0.05) is 17.0 Å². The molecule has 8 heteroatoms. The molecule has 1 saturated heterocycles. The first-order chi connectivity index (χ1) is 13.3. The molecule has 3 nitrogen and oxygen atoms in total. The van der Waals surface area contributed by atoms with Crippen molar-refractivity contribution in [1.82, 2.24) is 0 Å². The zero-order valence-electron chi connectivity index (χ0n) is 15.1. The summed E-state index contributed by atoms with van der Waals surface area (Å²) in [7, 11) is 0. The summed E-state index contributed by atoms with van der Waals surface area (Å²) >= 11 is 0. The molecular formula is C20H19F5O3. The van der Waals surface area contributed by atoms with Crippen LogP contribution in [-0.2, 0) is 9.47 Å². The highest BCUT2D eigenvalue weighted by Crippen LogP contribution is 2.35. The predicted octanol–water partition coefficient (Wildman–Crippen LogP) is 5.99. The molecule has 0 bridgehead atoms. The third kappa shape index (κ3) is 4.80. The van der Waals surface area contributed by atoms with Crippen LogP contribution in [0.1, 0.15) is 31.6 Å². The van der Waals surface area contributed by atoms with Crippen LogP contribution in [0.5, 0.6) is 5.75 Å². The minimum absolute atomic E-state index is 0.208. The van der Waals surface area contributed by atoms with Crippen molar-refractivity contribution >= 4 is 0 Å². The fourth-order valence-electron chi connectivity index (χ4n) is 3.10. The van der Waals surface area contributed by atoms with E-state index < -0.39 is 30.0 Å². The molecular weight excluding hydrogens is 383 g/mol. The highest BCUT2D eigenvalue weighted by molar-refractivity contribution is 5.66. The number of hydrogen-bond donors (Lipinski definition) is 0. The Morgan fingerprint density at radius 1 is 1.00 bits per heavy atom. The van der Waals surface area contributed by atoms with Crippen LogP contribution in [0, 0.1) is 17.6 Å². The number of benzene rings is 2. The van der Waals surface area contributed by atoms with Gasteiger partial charge in [0.05, 0.1) is 13.2 Å². The Hall–Kier alpha value is -2.19. The highest BCUT2D eigenvalue weighted by atomic mass is 19.4. The zero-order chi connectivity index (χ0) is 20.3. The summed E-state index contributed by atoms with van der Waals surface area (Å²) in [6.07, 6.45) is -3.70. The van der Waals surface area contributed by atoms with Crippen LogP contribution < -0.4 is 4.74 Å². The molecule has 0 spiro atoms. The normalized spacial score (nSPS) is 20.2. The largest absolute Gasteiger partial charge is 0.573 e. The first-order valence-corrected chi connectivity index (χ1v) is 8.85. The summed E-state index contributed by atoms with van der Waals surface area (Å²) in [5.74, 6) is -3.98. The molecule has 0 atom stereocenters. The molecule has 0 aromatic heterocycles. The maximum absolute atomic E-state index is 14.4. The van der Waals surface area contributed by atoms with E-state index in [-0.39, 0.29) is 11.1 Å². The Morgan fingerprint density at radius 3 is 2.21 bits per heavy atom. The molecule has 152 valence electrons. The molecule has 2 aromatic rings. The fourth-order valence-corrected chi connectivity index (χ4v) is 3.10. The first kappa shape index (κ1) is 20.5. The van der Waals surface area contributed by atoms with Crippen LogP contribution >= 0.6 is 0 Å². The van der Waals surface area contributed by atoms with Crippen molar-refractivity contribution in [1.29, 1.82) is 0 Å². The number of halogens is 5. The van der Waals surface area contributed by atoms with Gasteiger partial charge in [-0.3, -0.25) is 0 Å². The van der Waals surface area contributed by atoms with Gasteiger partial charge in [0.1, 0.15) is 0 Å². The van der Waals surface area contributed by atoms with Crippen molar-refractivity contribution in [2.75, 3.05) is 13.2 Å². The Labute approximate surface area is 159 Å². The van der Waals surface area contributed by atoms with E-state index >= 15 is 0 Å². The molecule has 1 aliphatic rings. The van der Waals surface area contributed by atoms with Crippen LogP contribution in [0.3, 0.4) is 0 Å². The summed E-state index contributed by atoms with van der Waals surface area (Å²) < 4.78 is 80.0. The van der Waals surface area contributed by atoms with Gasteiger partial charge in [0.15, 0.2) is 17.9 Å². The topological polar surface area (TPSA) is 27.7 Å². The van der Waals surface area contributed by atoms with Crippen LogP contribution in [0.4, 0.5) is 22.0 Å². The van der Waals surface area contributed by atoms with Crippen LogP contribution in [0.15, 0.2) is 36.4 Å². The maximum Gasteiger partial charge on any atom is 0.573 e. The van der Waals surface area contributed by atoms with E-state index in [0.29, 0.717) is 24.7 Å². The lowest BCUT2D eigenvalue weighted by Crippen LogP contribution is -2.26. The summed E-state index contributed by atoms with van der Waals surface area (Å²) in [6, 6.07) is 8.07. The first-order valence-electron chi connectivity index (χ1n) is 8.85. The second-order valence-electron chi connectivity index (χ2n) is 6.56. The van der Waals surface area contributed by atoms with Crippen molar-refractivity contribution in [3.8, 4) is 16.9 Å². The number of alkyl halides is 3. The van der Waals surface area contributed by atoms with Gasteiger partial charge in [-0.15, -0.1) is 13.2 Å². The van der Waals surface area contributed by atoms with E-state index in [9.17, 15) is 22.0 Å². The molecule has 0 amide bonds. The standard InChI is InChI=1S/C20H19F5O3/c1-2-3-12-10-26-19(27-11-12)14-6-4-13(5-7-14)15-8-9-16(21)18(17(15)22)28-20(23,24)25/h4-9,12,19H,2-3,10-11H2,1H3. The van der Waals surface area contributed by atoms with E-state index in [2.05, 4.69) is 11.7 Å². The Balaban J connectivity index is 1.78. The molecule has 1 heterocycles. The van der Waals surface area contributed by atoms with E-state index in [1.54, 1.807) is 12.1 Å². The van der Waals surface area contributed by atoms with Crippen LogP contribution in [0.25, 0.3) is 11.1 Å². The molecule has 0 radical (unpaired) electrons. The van der Waals surface area contributed by atoms with E-state index in [4.69, 9.17) is 9.47 Å². The molecule has 0 saturated carbocycles. The van der Waals surface area contributed by atoms with Gasteiger partial charge >= 0.3 is 6.36 Å². The minimum atomic E-state index is -5.20. The van der Waals surface area contributed by atoms with Gasteiger partial charge in [-0.25, -0.2) is 8.78 Å². The van der Waals surface area contributed by atoms with E-state index in [0.717, 1.165) is 25.0 Å². The Bertz CT molecular complexity index is 797. The summed E-state index contributed by atoms with van der Waals surface area (Å²) in [6.45, 7) is 3.24. The molecule has 2 aromatic carbocycles. The third-order valence-electron chi connectivity index (χ3n) is 4.42. The third-order valence-corrected chi connectivity index (χ3v) is 4.42. The molecule has 1 aliphatic heterocycles. The minimum Gasteiger partial charge on any atom is -0.399 e. The van der Waals surface area contributed by atoms with Crippen LogP contribution in [0.2, 0.25) is 0 Å². The number of rotatable bonds is 5. The molecule has 28 heavy (non-hydrogen) atoms. The van der Waals surface area contributed by atoms with Gasteiger partial charge in [0.2, 0.25) is 5.75 Å². The lowest BCUT2D eigenvalue weighted by atomic mass is 10.0. The Morgan fingerprint density at radius 2 is 1.64 bits per heavy atom. The van der Waals surface area contributed by atoms with Gasteiger partial charge in [-0.05, 0) is 24.1 Å². The van der Waals surface area contributed by atoms with Gasteiger partial charge < -0.3 is 14.2 Å². The second-order valence-corrected chi connectivity index (χ2v) is 6.56. The van der Waals surface area contributed by atoms with E-state index in [1.807, 2.05) is 0 Å². The quantitative estimate of drug-likeness (QED) is 0.575. The summed E-state index contributed by atoms with van der Waals surface area (Å²) in [5.41, 5.74) is 0.765. The maximum atomic E-state index is 14.4. The molecule has 0 unspecified atom stereocenters. The monoisotopic (exact) mass is 402 g/mol. The summed E-state index contributed by atoms with van der Waals surface area (Å²) in [4.78, 5) is 0. The SMILES string of the molecule is CCCC1COC(c2ccc(-c3ccc(F)c(OC(F)(F)F)c3F)cc2)OC1. The number of ether oxygens (including phenoxy) is 3. The molecule has 0 N–H and O–H groups in total. The lowest BCUT2D eigenvalue weighted by molar-refractivity contribution is -0.276. The van der Waals surface area contributed by atoms with Crippen molar-refractivity contribution in [3.63, 3.8) is 0 Å². The van der Waals surface area contributed by atoms with E-state index in [1.165, 1.54) is 12.1 Å². The zero-order valence-corrected chi connectivity index (χ0v) is 15.1. The average Bonchev–Trinajstić information content (AvgIpc) is 2.66. The van der Waals surface area contributed by atoms with Crippen LogP contribution in [-0.4, -0.2) is 19.6 Å².